The van der Waals surface area contributed by atoms with Gasteiger partial charge in [-0.15, -0.1) is 5.10 Å². The van der Waals surface area contributed by atoms with E-state index in [9.17, 15) is 9.59 Å². The SMILES string of the molecule is Cc1ccccc1NC(=O)Cn1nc2cc(-c3ccccc3)nc(C)n2c1=O. The Labute approximate surface area is 161 Å². The summed E-state index contributed by atoms with van der Waals surface area (Å²) in [5, 5.41) is 7.15. The Bertz CT molecular complexity index is 1220. The molecule has 140 valence electrons. The predicted molar refractivity (Wildman–Crippen MR) is 107 cm³/mol. The molecule has 0 aliphatic carbocycles. The summed E-state index contributed by atoms with van der Waals surface area (Å²) in [6.45, 7) is 3.49. The Morgan fingerprint density at radius 1 is 1.04 bits per heavy atom. The molecule has 0 bridgehead atoms. The van der Waals surface area contributed by atoms with Gasteiger partial charge in [-0.05, 0) is 25.5 Å². The molecular formula is C21H19N5O2. The van der Waals surface area contributed by atoms with Crippen LogP contribution < -0.4 is 11.0 Å². The molecule has 4 aromatic rings. The van der Waals surface area contributed by atoms with Gasteiger partial charge in [-0.2, -0.15) is 0 Å². The summed E-state index contributed by atoms with van der Waals surface area (Å²) in [5.74, 6) is 0.209. The van der Waals surface area contributed by atoms with Gasteiger partial charge in [0.15, 0.2) is 5.65 Å². The molecule has 0 spiro atoms. The quantitative estimate of drug-likeness (QED) is 0.596. The third-order valence-electron chi connectivity index (χ3n) is 4.52. The highest BCUT2D eigenvalue weighted by atomic mass is 16.2. The van der Waals surface area contributed by atoms with Gasteiger partial charge in [0.05, 0.1) is 5.69 Å². The van der Waals surface area contributed by atoms with Crippen molar-refractivity contribution in [1.82, 2.24) is 19.2 Å². The molecule has 0 unspecified atom stereocenters. The molecule has 0 saturated heterocycles. The molecule has 0 atom stereocenters. The molecule has 0 saturated carbocycles. The fourth-order valence-electron chi connectivity index (χ4n) is 3.10. The Kier molecular flexibility index (Phi) is 4.49. The number of benzene rings is 2. The lowest BCUT2D eigenvalue weighted by molar-refractivity contribution is -0.117. The van der Waals surface area contributed by atoms with Crippen LogP contribution in [-0.4, -0.2) is 25.1 Å². The summed E-state index contributed by atoms with van der Waals surface area (Å²) in [6, 6.07) is 18.9. The van der Waals surface area contributed by atoms with Crippen LogP contribution in [0.4, 0.5) is 5.69 Å². The summed E-state index contributed by atoms with van der Waals surface area (Å²) in [4.78, 5) is 29.6. The Morgan fingerprint density at radius 3 is 2.50 bits per heavy atom. The van der Waals surface area contributed by atoms with Crippen LogP contribution >= 0.6 is 0 Å². The minimum Gasteiger partial charge on any atom is -0.324 e. The van der Waals surface area contributed by atoms with E-state index in [0.29, 0.717) is 17.2 Å². The van der Waals surface area contributed by atoms with E-state index in [-0.39, 0.29) is 18.1 Å². The third kappa shape index (κ3) is 3.29. The summed E-state index contributed by atoms with van der Waals surface area (Å²) in [7, 11) is 0. The number of carbonyl (C=O) groups is 1. The number of rotatable bonds is 4. The topological polar surface area (TPSA) is 81.3 Å². The number of fused-ring (bicyclic) bond motifs is 1. The molecule has 28 heavy (non-hydrogen) atoms. The van der Waals surface area contributed by atoms with Gasteiger partial charge in [0.1, 0.15) is 12.4 Å². The smallest absolute Gasteiger partial charge is 0.324 e. The first kappa shape index (κ1) is 17.7. The van der Waals surface area contributed by atoms with Crippen LogP contribution in [0, 0.1) is 13.8 Å². The Morgan fingerprint density at radius 2 is 1.75 bits per heavy atom. The van der Waals surface area contributed by atoms with E-state index in [1.54, 1.807) is 13.0 Å². The van der Waals surface area contributed by atoms with Gasteiger partial charge in [0.25, 0.3) is 0 Å². The number of aryl methyl sites for hydroxylation is 2. The second-order valence-electron chi connectivity index (χ2n) is 6.55. The molecule has 0 fully saturated rings. The van der Waals surface area contributed by atoms with Gasteiger partial charge in [0.2, 0.25) is 5.91 Å². The second-order valence-corrected chi connectivity index (χ2v) is 6.55. The van der Waals surface area contributed by atoms with Crippen LogP contribution in [0.3, 0.4) is 0 Å². The summed E-state index contributed by atoms with van der Waals surface area (Å²) in [5.41, 5.74) is 3.40. The number of nitrogens with one attached hydrogen (secondary N) is 1. The highest BCUT2D eigenvalue weighted by molar-refractivity contribution is 5.91. The van der Waals surface area contributed by atoms with Crippen molar-refractivity contribution in [2.24, 2.45) is 0 Å². The van der Waals surface area contributed by atoms with Crippen molar-refractivity contribution >= 4 is 17.2 Å². The van der Waals surface area contributed by atoms with E-state index < -0.39 is 0 Å². The van der Waals surface area contributed by atoms with Crippen molar-refractivity contribution in [1.29, 1.82) is 0 Å². The first-order valence-electron chi connectivity index (χ1n) is 8.91. The molecule has 2 aromatic heterocycles. The number of para-hydroxylation sites is 1. The van der Waals surface area contributed by atoms with Gasteiger partial charge in [-0.25, -0.2) is 18.9 Å². The molecule has 1 amide bonds. The zero-order valence-corrected chi connectivity index (χ0v) is 15.6. The molecule has 7 nitrogen and oxygen atoms in total. The van der Waals surface area contributed by atoms with E-state index >= 15 is 0 Å². The lowest BCUT2D eigenvalue weighted by Gasteiger charge is -2.07. The fraction of sp³-hybridized carbons (Fsp3) is 0.143. The van der Waals surface area contributed by atoms with Crippen molar-refractivity contribution in [2.45, 2.75) is 20.4 Å². The average molecular weight is 373 g/mol. The van der Waals surface area contributed by atoms with Crippen LogP contribution in [0.2, 0.25) is 0 Å². The van der Waals surface area contributed by atoms with Gasteiger partial charge < -0.3 is 5.32 Å². The number of hydrogen-bond acceptors (Lipinski definition) is 4. The molecule has 0 aliphatic heterocycles. The maximum Gasteiger partial charge on any atom is 0.352 e. The summed E-state index contributed by atoms with van der Waals surface area (Å²) < 4.78 is 2.57. The summed E-state index contributed by atoms with van der Waals surface area (Å²) >= 11 is 0. The van der Waals surface area contributed by atoms with E-state index in [4.69, 9.17) is 0 Å². The minimum absolute atomic E-state index is 0.172. The Hall–Kier alpha value is -3.74. The number of anilines is 1. The standard InChI is InChI=1S/C21H19N5O2/c1-14-8-6-7-11-17(14)23-20(27)13-25-21(28)26-15(2)22-18(12-19(26)24-25)16-9-4-3-5-10-16/h3-12H,13H2,1-2H3,(H,23,27). The van der Waals surface area contributed by atoms with Gasteiger partial charge in [-0.1, -0.05) is 48.5 Å². The number of nitrogens with zero attached hydrogens (tertiary/aromatic N) is 4. The number of aromatic nitrogens is 4. The lowest BCUT2D eigenvalue weighted by Crippen LogP contribution is -2.29. The third-order valence-corrected chi connectivity index (χ3v) is 4.52. The zero-order valence-electron chi connectivity index (χ0n) is 15.6. The monoisotopic (exact) mass is 373 g/mol. The largest absolute Gasteiger partial charge is 0.352 e. The van der Waals surface area contributed by atoms with Crippen LogP contribution in [0.1, 0.15) is 11.4 Å². The van der Waals surface area contributed by atoms with Crippen molar-refractivity contribution in [2.75, 3.05) is 5.32 Å². The van der Waals surface area contributed by atoms with Gasteiger partial charge in [0, 0.05) is 17.3 Å². The van der Waals surface area contributed by atoms with Crippen molar-refractivity contribution in [3.8, 4) is 11.3 Å². The van der Waals surface area contributed by atoms with Crippen molar-refractivity contribution in [3.05, 3.63) is 82.5 Å². The molecule has 2 heterocycles. The number of carbonyl (C=O) groups excluding carboxylic acids is 1. The van der Waals surface area contributed by atoms with E-state index in [0.717, 1.165) is 21.5 Å². The van der Waals surface area contributed by atoms with Gasteiger partial charge >= 0.3 is 5.69 Å². The maximum atomic E-state index is 12.7. The molecule has 0 radical (unpaired) electrons. The molecule has 1 N–H and O–H groups in total. The average Bonchev–Trinajstić information content (AvgIpc) is 3.00. The molecule has 2 aromatic carbocycles. The zero-order chi connectivity index (χ0) is 19.7. The fourth-order valence-corrected chi connectivity index (χ4v) is 3.10. The highest BCUT2D eigenvalue weighted by Gasteiger charge is 2.15. The van der Waals surface area contributed by atoms with Crippen LogP contribution in [0.5, 0.6) is 0 Å². The first-order chi connectivity index (χ1) is 13.5. The normalized spacial score (nSPS) is 10.9. The number of hydrogen-bond donors (Lipinski definition) is 1. The molecule has 4 rings (SSSR count). The minimum atomic E-state index is -0.389. The number of amides is 1. The van der Waals surface area contributed by atoms with E-state index in [1.807, 2.05) is 61.5 Å². The van der Waals surface area contributed by atoms with E-state index in [1.165, 1.54) is 4.40 Å². The van der Waals surface area contributed by atoms with Crippen LogP contribution in [-0.2, 0) is 11.3 Å². The van der Waals surface area contributed by atoms with Crippen molar-refractivity contribution < 1.29 is 4.79 Å². The molecular weight excluding hydrogens is 354 g/mol. The van der Waals surface area contributed by atoms with Crippen LogP contribution in [0.15, 0.2) is 65.5 Å². The maximum absolute atomic E-state index is 12.7. The first-order valence-corrected chi connectivity index (χ1v) is 8.91. The lowest BCUT2D eigenvalue weighted by atomic mass is 10.1. The van der Waals surface area contributed by atoms with Crippen LogP contribution in [0.25, 0.3) is 16.9 Å². The molecule has 7 heteroatoms. The Balaban J connectivity index is 1.66. The highest BCUT2D eigenvalue weighted by Crippen LogP contribution is 2.18. The second kappa shape index (κ2) is 7.11. The van der Waals surface area contributed by atoms with Gasteiger partial charge in [-0.3, -0.25) is 4.79 Å². The molecule has 0 aliphatic rings. The van der Waals surface area contributed by atoms with Crippen molar-refractivity contribution in [3.63, 3.8) is 0 Å². The summed E-state index contributed by atoms with van der Waals surface area (Å²) in [6.07, 6.45) is 0. The predicted octanol–water partition coefficient (Wildman–Crippen LogP) is 2.81. The van der Waals surface area contributed by atoms with E-state index in [2.05, 4.69) is 15.4 Å².